The average Bonchev–Trinajstić information content (AvgIpc) is 2.28. The van der Waals surface area contributed by atoms with Crippen LogP contribution in [0.3, 0.4) is 0 Å². The Kier molecular flexibility index (Phi) is 4.62. The second-order valence-corrected chi connectivity index (χ2v) is 3.95. The van der Waals surface area contributed by atoms with Crippen molar-refractivity contribution in [2.24, 2.45) is 5.41 Å². The number of ether oxygens (including phenoxy) is 1. The predicted molar refractivity (Wildman–Crippen MR) is 57.5 cm³/mol. The lowest BCUT2D eigenvalue weighted by Gasteiger charge is -2.32. The van der Waals surface area contributed by atoms with Crippen LogP contribution < -0.4 is 5.32 Å². The van der Waals surface area contributed by atoms with Crippen molar-refractivity contribution in [1.82, 2.24) is 5.32 Å². The van der Waals surface area contributed by atoms with Crippen molar-refractivity contribution in [1.29, 1.82) is 0 Å². The third kappa shape index (κ3) is 3.55. The maximum atomic E-state index is 11.1. The van der Waals surface area contributed by atoms with E-state index in [0.29, 0.717) is 13.2 Å². The molecular weight excluding hydrogens is 194 g/mol. The van der Waals surface area contributed by atoms with Gasteiger partial charge in [-0.15, -0.1) is 0 Å². The highest BCUT2D eigenvalue weighted by atomic mass is 16.5. The minimum Gasteiger partial charge on any atom is -0.450 e. The number of allylic oxidation sites excluding steroid dienone is 2. The summed E-state index contributed by atoms with van der Waals surface area (Å²) in [5.41, 5.74) is -0.193. The van der Waals surface area contributed by atoms with Crippen molar-refractivity contribution >= 4 is 6.09 Å². The number of carbonyl (C=O) groups excluding carboxylic acids is 1. The van der Waals surface area contributed by atoms with Gasteiger partial charge in [0, 0.05) is 12.0 Å². The first-order valence-corrected chi connectivity index (χ1v) is 5.39. The highest BCUT2D eigenvalue weighted by Gasteiger charge is 2.29. The standard InChI is InChI=1S/C11H19NO3/c1-2-15-10(14)12-8-11(9-13)6-4-3-5-7-11/h3-4,13H,2,5-9H2,1H3,(H,12,14). The van der Waals surface area contributed by atoms with Crippen molar-refractivity contribution in [2.75, 3.05) is 19.8 Å². The molecule has 4 nitrogen and oxygen atoms in total. The smallest absolute Gasteiger partial charge is 0.407 e. The predicted octanol–water partition coefficient (Wildman–Crippen LogP) is 1.45. The van der Waals surface area contributed by atoms with E-state index < -0.39 is 6.09 Å². The van der Waals surface area contributed by atoms with E-state index in [2.05, 4.69) is 17.5 Å². The second kappa shape index (κ2) is 5.75. The van der Waals surface area contributed by atoms with Crippen LogP contribution >= 0.6 is 0 Å². The molecule has 0 saturated heterocycles. The number of aliphatic hydroxyl groups is 1. The van der Waals surface area contributed by atoms with Crippen molar-refractivity contribution in [3.63, 3.8) is 0 Å². The summed E-state index contributed by atoms with van der Waals surface area (Å²) in [4.78, 5) is 11.1. The first kappa shape index (κ1) is 12.0. The molecule has 2 N–H and O–H groups in total. The lowest BCUT2D eigenvalue weighted by Crippen LogP contribution is -2.40. The zero-order chi connectivity index (χ0) is 11.1. The lowest BCUT2D eigenvalue weighted by atomic mass is 9.78. The molecule has 1 aliphatic rings. The van der Waals surface area contributed by atoms with Gasteiger partial charge in [0.15, 0.2) is 0 Å². The minimum absolute atomic E-state index is 0.101. The average molecular weight is 213 g/mol. The molecule has 1 aliphatic carbocycles. The van der Waals surface area contributed by atoms with Gasteiger partial charge in [0.2, 0.25) is 0 Å². The number of aliphatic hydroxyl groups excluding tert-OH is 1. The van der Waals surface area contributed by atoms with Crippen molar-refractivity contribution in [3.8, 4) is 0 Å². The fourth-order valence-corrected chi connectivity index (χ4v) is 1.74. The first-order valence-electron chi connectivity index (χ1n) is 5.39. The maximum absolute atomic E-state index is 11.1. The van der Waals surface area contributed by atoms with E-state index in [4.69, 9.17) is 4.74 Å². The first-order chi connectivity index (χ1) is 7.22. The van der Waals surface area contributed by atoms with Gasteiger partial charge in [0.05, 0.1) is 13.2 Å². The summed E-state index contributed by atoms with van der Waals surface area (Å²) in [5.74, 6) is 0. The molecule has 0 heterocycles. The van der Waals surface area contributed by atoms with Gasteiger partial charge in [-0.1, -0.05) is 12.2 Å². The van der Waals surface area contributed by atoms with Crippen LogP contribution in [0, 0.1) is 5.41 Å². The minimum atomic E-state index is -0.403. The van der Waals surface area contributed by atoms with Crippen LogP contribution in [0.5, 0.6) is 0 Å². The Labute approximate surface area is 90.3 Å². The van der Waals surface area contributed by atoms with Gasteiger partial charge < -0.3 is 15.2 Å². The molecule has 0 aromatic rings. The molecule has 0 saturated carbocycles. The molecule has 0 aromatic heterocycles. The quantitative estimate of drug-likeness (QED) is 0.695. The fourth-order valence-electron chi connectivity index (χ4n) is 1.74. The van der Waals surface area contributed by atoms with E-state index in [9.17, 15) is 9.90 Å². The Morgan fingerprint density at radius 3 is 2.93 bits per heavy atom. The summed E-state index contributed by atoms with van der Waals surface area (Å²) in [6.07, 6.45) is 6.46. The van der Waals surface area contributed by atoms with E-state index in [-0.39, 0.29) is 12.0 Å². The maximum Gasteiger partial charge on any atom is 0.407 e. The molecule has 86 valence electrons. The highest BCUT2D eigenvalue weighted by Crippen LogP contribution is 2.31. The molecule has 0 radical (unpaired) electrons. The third-order valence-electron chi connectivity index (χ3n) is 2.78. The van der Waals surface area contributed by atoms with Crippen molar-refractivity contribution in [3.05, 3.63) is 12.2 Å². The SMILES string of the molecule is CCOC(=O)NCC1(CO)CC=CCC1. The van der Waals surface area contributed by atoms with Crippen LogP contribution in [-0.2, 0) is 4.74 Å². The van der Waals surface area contributed by atoms with E-state index >= 15 is 0 Å². The number of hydrogen-bond acceptors (Lipinski definition) is 3. The van der Waals surface area contributed by atoms with E-state index in [1.54, 1.807) is 6.92 Å². The summed E-state index contributed by atoms with van der Waals surface area (Å²) in [6.45, 7) is 2.72. The molecule has 4 heteroatoms. The Balaban J connectivity index is 2.39. The summed E-state index contributed by atoms with van der Waals surface area (Å²) >= 11 is 0. The number of amides is 1. The molecule has 0 aromatic carbocycles. The van der Waals surface area contributed by atoms with Gasteiger partial charge in [-0.2, -0.15) is 0 Å². The molecule has 1 rings (SSSR count). The topological polar surface area (TPSA) is 58.6 Å². The van der Waals surface area contributed by atoms with E-state index in [1.807, 2.05) is 0 Å². The van der Waals surface area contributed by atoms with Crippen LogP contribution in [0.1, 0.15) is 26.2 Å². The number of carbonyl (C=O) groups is 1. The van der Waals surface area contributed by atoms with Gasteiger partial charge >= 0.3 is 6.09 Å². The van der Waals surface area contributed by atoms with Crippen molar-refractivity contribution in [2.45, 2.75) is 26.2 Å². The summed E-state index contributed by atoms with van der Waals surface area (Å²) in [7, 11) is 0. The monoisotopic (exact) mass is 213 g/mol. The second-order valence-electron chi connectivity index (χ2n) is 3.95. The Morgan fingerprint density at radius 1 is 1.60 bits per heavy atom. The largest absolute Gasteiger partial charge is 0.450 e. The van der Waals surface area contributed by atoms with Gasteiger partial charge in [-0.3, -0.25) is 0 Å². The highest BCUT2D eigenvalue weighted by molar-refractivity contribution is 5.67. The van der Waals surface area contributed by atoms with Crippen LogP contribution in [0.4, 0.5) is 4.79 Å². The van der Waals surface area contributed by atoms with E-state index in [1.165, 1.54) is 0 Å². The number of rotatable bonds is 4. The molecule has 15 heavy (non-hydrogen) atoms. The van der Waals surface area contributed by atoms with Gasteiger partial charge in [0.1, 0.15) is 0 Å². The van der Waals surface area contributed by atoms with Crippen LogP contribution in [-0.4, -0.2) is 31.0 Å². The molecule has 1 atom stereocenters. The zero-order valence-electron chi connectivity index (χ0n) is 9.16. The van der Waals surface area contributed by atoms with Crippen molar-refractivity contribution < 1.29 is 14.6 Å². The Bertz CT molecular complexity index is 240. The molecule has 0 spiro atoms. The molecule has 1 unspecified atom stereocenters. The summed E-state index contributed by atoms with van der Waals surface area (Å²) in [5, 5.41) is 12.0. The number of nitrogens with one attached hydrogen (secondary N) is 1. The molecule has 0 fully saturated rings. The molecule has 0 aliphatic heterocycles. The Hall–Kier alpha value is -1.03. The third-order valence-corrected chi connectivity index (χ3v) is 2.78. The molecule has 0 bridgehead atoms. The van der Waals surface area contributed by atoms with E-state index in [0.717, 1.165) is 19.3 Å². The normalized spacial score (nSPS) is 24.9. The van der Waals surface area contributed by atoms with Gasteiger partial charge in [-0.25, -0.2) is 4.79 Å². The summed E-state index contributed by atoms with van der Waals surface area (Å²) < 4.78 is 4.77. The fraction of sp³-hybridized carbons (Fsp3) is 0.727. The lowest BCUT2D eigenvalue weighted by molar-refractivity contribution is 0.102. The summed E-state index contributed by atoms with van der Waals surface area (Å²) in [6, 6.07) is 0. The zero-order valence-corrected chi connectivity index (χ0v) is 9.16. The van der Waals surface area contributed by atoms with Crippen LogP contribution in [0.2, 0.25) is 0 Å². The number of hydrogen-bond donors (Lipinski definition) is 2. The number of alkyl carbamates (subject to hydrolysis) is 1. The van der Waals surface area contributed by atoms with Gasteiger partial charge in [0.25, 0.3) is 0 Å². The van der Waals surface area contributed by atoms with Crippen LogP contribution in [0.15, 0.2) is 12.2 Å². The molecular formula is C11H19NO3. The van der Waals surface area contributed by atoms with Gasteiger partial charge in [-0.05, 0) is 26.2 Å². The molecule has 1 amide bonds. The van der Waals surface area contributed by atoms with Crippen LogP contribution in [0.25, 0.3) is 0 Å². The Morgan fingerprint density at radius 2 is 2.40 bits per heavy atom.